The van der Waals surface area contributed by atoms with Gasteiger partial charge in [0.05, 0.1) is 0 Å². The minimum absolute atomic E-state index is 0.0268. The van der Waals surface area contributed by atoms with Crippen molar-refractivity contribution in [1.29, 1.82) is 0 Å². The average molecular weight is 274 g/mol. The highest BCUT2D eigenvalue weighted by atomic mass is 16.2. The molecule has 1 saturated carbocycles. The molecule has 0 unspecified atom stereocenters. The topological polar surface area (TPSA) is 58.2 Å². The summed E-state index contributed by atoms with van der Waals surface area (Å²) in [7, 11) is 0. The van der Waals surface area contributed by atoms with Crippen molar-refractivity contribution in [3.8, 4) is 0 Å². The lowest BCUT2D eigenvalue weighted by molar-refractivity contribution is -0.123. The predicted octanol–water partition coefficient (Wildman–Crippen LogP) is 3.27. The molecule has 2 N–H and O–H groups in total. The molecule has 0 bridgehead atoms. The van der Waals surface area contributed by atoms with Crippen LogP contribution in [0.3, 0.4) is 0 Å². The van der Waals surface area contributed by atoms with Crippen molar-refractivity contribution >= 4 is 23.2 Å². The monoisotopic (exact) mass is 274 g/mol. The summed E-state index contributed by atoms with van der Waals surface area (Å²) in [6, 6.07) is 7.22. The fraction of sp³-hybridized carbons (Fsp3) is 0.500. The first-order valence-electron chi connectivity index (χ1n) is 7.00. The normalized spacial score (nSPS) is 21.2. The van der Waals surface area contributed by atoms with Gasteiger partial charge in [0.2, 0.25) is 11.8 Å². The Kier molecular flexibility index (Phi) is 3.84. The van der Waals surface area contributed by atoms with Crippen molar-refractivity contribution in [1.82, 2.24) is 0 Å². The Morgan fingerprint density at radius 1 is 1.05 bits per heavy atom. The number of amides is 2. The molecular formula is C16H22N2O2. The number of carbonyl (C=O) groups is 2. The summed E-state index contributed by atoms with van der Waals surface area (Å²) in [5, 5.41) is 5.75. The van der Waals surface area contributed by atoms with Crippen LogP contribution in [0.1, 0.15) is 34.1 Å². The molecule has 0 saturated heterocycles. The van der Waals surface area contributed by atoms with E-state index in [0.29, 0.717) is 5.92 Å². The van der Waals surface area contributed by atoms with Crippen LogP contribution in [0, 0.1) is 17.3 Å². The molecule has 0 spiro atoms. The zero-order valence-corrected chi connectivity index (χ0v) is 12.5. The van der Waals surface area contributed by atoms with Crippen LogP contribution in [0.2, 0.25) is 0 Å². The number of nitrogens with one attached hydrogen (secondary N) is 2. The van der Waals surface area contributed by atoms with E-state index in [1.165, 1.54) is 0 Å². The smallest absolute Gasteiger partial charge is 0.229 e. The van der Waals surface area contributed by atoms with E-state index in [1.54, 1.807) is 12.1 Å². The Labute approximate surface area is 119 Å². The van der Waals surface area contributed by atoms with Crippen molar-refractivity contribution in [2.24, 2.45) is 17.3 Å². The minimum Gasteiger partial charge on any atom is -0.326 e. The van der Waals surface area contributed by atoms with Gasteiger partial charge in [0.25, 0.3) is 0 Å². The first-order valence-corrected chi connectivity index (χ1v) is 7.00. The summed E-state index contributed by atoms with van der Waals surface area (Å²) in [5.74, 6) is 0.723. The van der Waals surface area contributed by atoms with Gasteiger partial charge < -0.3 is 10.6 Å². The van der Waals surface area contributed by atoms with Gasteiger partial charge in [-0.3, -0.25) is 9.59 Å². The molecule has 20 heavy (non-hydrogen) atoms. The molecule has 0 radical (unpaired) electrons. The number of rotatable bonds is 3. The SMILES string of the molecule is C[C@H]1C[C@H]1C(=O)Nc1ccc(NC(=O)C(C)(C)C)cc1. The van der Waals surface area contributed by atoms with E-state index in [4.69, 9.17) is 0 Å². The molecule has 0 aliphatic heterocycles. The van der Waals surface area contributed by atoms with Gasteiger partial charge in [0.15, 0.2) is 0 Å². The minimum atomic E-state index is -0.422. The second-order valence-electron chi connectivity index (χ2n) is 6.59. The molecule has 2 atom stereocenters. The van der Waals surface area contributed by atoms with Gasteiger partial charge in [-0.1, -0.05) is 27.7 Å². The van der Waals surface area contributed by atoms with Gasteiger partial charge in [-0.25, -0.2) is 0 Å². The number of hydrogen-bond donors (Lipinski definition) is 2. The highest BCUT2D eigenvalue weighted by molar-refractivity contribution is 5.96. The molecular weight excluding hydrogens is 252 g/mol. The number of benzene rings is 1. The molecule has 0 heterocycles. The van der Waals surface area contributed by atoms with Crippen molar-refractivity contribution in [3.05, 3.63) is 24.3 Å². The third-order valence-corrected chi connectivity index (χ3v) is 3.54. The van der Waals surface area contributed by atoms with Crippen LogP contribution in [-0.4, -0.2) is 11.8 Å². The molecule has 2 amide bonds. The molecule has 1 aliphatic carbocycles. The van der Waals surface area contributed by atoms with Gasteiger partial charge >= 0.3 is 0 Å². The third-order valence-electron chi connectivity index (χ3n) is 3.54. The second kappa shape index (κ2) is 5.27. The average Bonchev–Trinajstić information content (AvgIpc) is 3.08. The molecule has 4 nitrogen and oxygen atoms in total. The zero-order chi connectivity index (χ0) is 14.9. The fourth-order valence-electron chi connectivity index (χ4n) is 1.88. The van der Waals surface area contributed by atoms with Gasteiger partial charge in [-0.05, 0) is 36.6 Å². The van der Waals surface area contributed by atoms with Gasteiger partial charge in [0, 0.05) is 22.7 Å². The van der Waals surface area contributed by atoms with Gasteiger partial charge in [-0.15, -0.1) is 0 Å². The van der Waals surface area contributed by atoms with Crippen LogP contribution < -0.4 is 10.6 Å². The van der Waals surface area contributed by atoms with Crippen molar-refractivity contribution in [2.45, 2.75) is 34.1 Å². The third kappa shape index (κ3) is 3.59. The molecule has 4 heteroatoms. The van der Waals surface area contributed by atoms with Crippen molar-refractivity contribution < 1.29 is 9.59 Å². The lowest BCUT2D eigenvalue weighted by Crippen LogP contribution is -2.27. The molecule has 1 aromatic carbocycles. The molecule has 1 aliphatic rings. The second-order valence-corrected chi connectivity index (χ2v) is 6.59. The van der Waals surface area contributed by atoms with Crippen LogP contribution in [0.4, 0.5) is 11.4 Å². The van der Waals surface area contributed by atoms with Crippen LogP contribution >= 0.6 is 0 Å². The molecule has 1 aromatic rings. The van der Waals surface area contributed by atoms with E-state index in [2.05, 4.69) is 17.6 Å². The van der Waals surface area contributed by atoms with Gasteiger partial charge in [0.1, 0.15) is 0 Å². The number of hydrogen-bond acceptors (Lipinski definition) is 2. The summed E-state index contributed by atoms with van der Waals surface area (Å²) in [5.41, 5.74) is 1.08. The molecule has 2 rings (SSSR count). The van der Waals surface area contributed by atoms with Crippen LogP contribution in [-0.2, 0) is 9.59 Å². The maximum Gasteiger partial charge on any atom is 0.229 e. The Morgan fingerprint density at radius 3 is 1.90 bits per heavy atom. The van der Waals surface area contributed by atoms with E-state index >= 15 is 0 Å². The number of carbonyl (C=O) groups excluding carboxylic acids is 2. The predicted molar refractivity (Wildman–Crippen MR) is 80.4 cm³/mol. The standard InChI is InChI=1S/C16H22N2O2/c1-10-9-13(10)14(19)17-11-5-7-12(8-6-11)18-15(20)16(2,3)4/h5-8,10,13H,9H2,1-4H3,(H,17,19)(H,18,20)/t10-,13+/m0/s1. The lowest BCUT2D eigenvalue weighted by Gasteiger charge is -2.17. The Balaban J connectivity index is 1.93. The van der Waals surface area contributed by atoms with E-state index in [9.17, 15) is 9.59 Å². The molecule has 1 fully saturated rings. The number of anilines is 2. The Morgan fingerprint density at radius 2 is 1.50 bits per heavy atom. The largest absolute Gasteiger partial charge is 0.326 e. The van der Waals surface area contributed by atoms with Crippen LogP contribution in [0.5, 0.6) is 0 Å². The van der Waals surface area contributed by atoms with Crippen molar-refractivity contribution in [3.63, 3.8) is 0 Å². The summed E-state index contributed by atoms with van der Waals surface area (Å²) in [6.07, 6.45) is 0.978. The van der Waals surface area contributed by atoms with Crippen LogP contribution in [0.15, 0.2) is 24.3 Å². The molecule has 108 valence electrons. The maximum atomic E-state index is 11.8. The first kappa shape index (κ1) is 14.6. The first-order chi connectivity index (χ1) is 9.27. The quantitative estimate of drug-likeness (QED) is 0.888. The fourth-order valence-corrected chi connectivity index (χ4v) is 1.88. The summed E-state index contributed by atoms with van der Waals surface area (Å²) >= 11 is 0. The van der Waals surface area contributed by atoms with E-state index in [1.807, 2.05) is 32.9 Å². The maximum absolute atomic E-state index is 11.8. The Hall–Kier alpha value is -1.84. The van der Waals surface area contributed by atoms with Crippen molar-refractivity contribution in [2.75, 3.05) is 10.6 Å². The van der Waals surface area contributed by atoms with E-state index < -0.39 is 5.41 Å². The summed E-state index contributed by atoms with van der Waals surface area (Å²) in [4.78, 5) is 23.6. The van der Waals surface area contributed by atoms with E-state index in [0.717, 1.165) is 17.8 Å². The van der Waals surface area contributed by atoms with E-state index in [-0.39, 0.29) is 17.7 Å². The highest BCUT2D eigenvalue weighted by Gasteiger charge is 2.39. The highest BCUT2D eigenvalue weighted by Crippen LogP contribution is 2.38. The van der Waals surface area contributed by atoms with Crippen LogP contribution in [0.25, 0.3) is 0 Å². The van der Waals surface area contributed by atoms with Gasteiger partial charge in [-0.2, -0.15) is 0 Å². The summed E-state index contributed by atoms with van der Waals surface area (Å²) in [6.45, 7) is 7.69. The zero-order valence-electron chi connectivity index (χ0n) is 12.5. The lowest BCUT2D eigenvalue weighted by atomic mass is 9.95. The summed E-state index contributed by atoms with van der Waals surface area (Å²) < 4.78 is 0. The molecule has 0 aromatic heterocycles. The Bertz CT molecular complexity index is 514.